The van der Waals surface area contributed by atoms with Crippen molar-refractivity contribution in [3.8, 4) is 0 Å². The number of carbonyl (C=O) groups is 3. The fraction of sp³-hybridized carbons (Fsp3) is 0.375. The lowest BCUT2D eigenvalue weighted by molar-refractivity contribution is -0.126. The predicted octanol–water partition coefficient (Wildman–Crippen LogP) is 1.75. The van der Waals surface area contributed by atoms with Crippen molar-refractivity contribution in [1.82, 2.24) is 15.1 Å². The van der Waals surface area contributed by atoms with Crippen molar-refractivity contribution in [3.63, 3.8) is 0 Å². The largest absolute Gasteiger partial charge is 0.355 e. The van der Waals surface area contributed by atoms with Crippen LogP contribution in [0.1, 0.15) is 16.8 Å². The van der Waals surface area contributed by atoms with Crippen molar-refractivity contribution in [2.24, 2.45) is 5.92 Å². The minimum absolute atomic E-state index is 0.0352. The first kappa shape index (κ1) is 22.0. The second-order valence-corrected chi connectivity index (χ2v) is 8.15. The van der Waals surface area contributed by atoms with Crippen LogP contribution < -0.4 is 10.2 Å². The van der Waals surface area contributed by atoms with Gasteiger partial charge < -0.3 is 15.1 Å². The Morgan fingerprint density at radius 3 is 2.38 bits per heavy atom. The topological polar surface area (TPSA) is 73.0 Å². The van der Waals surface area contributed by atoms with Gasteiger partial charge in [-0.05, 0) is 24.3 Å². The molecule has 0 aliphatic carbocycles. The lowest BCUT2D eigenvalue weighted by Gasteiger charge is -2.34. The number of nitrogens with one attached hydrogen (secondary N) is 1. The fourth-order valence-corrected chi connectivity index (χ4v) is 4.20. The molecule has 2 aliphatic rings. The van der Waals surface area contributed by atoms with Crippen LogP contribution in [-0.2, 0) is 9.59 Å². The monoisotopic (exact) mass is 438 g/mol. The number of benzene rings is 2. The summed E-state index contributed by atoms with van der Waals surface area (Å²) >= 11 is 0. The van der Waals surface area contributed by atoms with Crippen molar-refractivity contribution in [3.05, 3.63) is 66.0 Å². The maximum atomic E-state index is 13.9. The van der Waals surface area contributed by atoms with Gasteiger partial charge in [0, 0.05) is 57.9 Å². The number of anilines is 1. The van der Waals surface area contributed by atoms with Gasteiger partial charge in [-0.3, -0.25) is 19.3 Å². The first-order valence-electron chi connectivity index (χ1n) is 10.9. The third-order valence-corrected chi connectivity index (χ3v) is 6.05. The van der Waals surface area contributed by atoms with E-state index >= 15 is 0 Å². The number of carbonyl (C=O) groups excluding carboxylic acids is 3. The summed E-state index contributed by atoms with van der Waals surface area (Å²) in [6, 6.07) is 15.4. The highest BCUT2D eigenvalue weighted by Crippen LogP contribution is 2.24. The smallest absolute Gasteiger partial charge is 0.256 e. The van der Waals surface area contributed by atoms with E-state index in [0.29, 0.717) is 45.8 Å². The number of hydrogen-bond acceptors (Lipinski definition) is 4. The van der Waals surface area contributed by atoms with Crippen LogP contribution in [0.2, 0.25) is 0 Å². The number of hydrogen-bond donors (Lipinski definition) is 1. The second kappa shape index (κ2) is 9.91. The molecule has 7 nitrogen and oxygen atoms in total. The molecule has 2 aliphatic heterocycles. The molecular formula is C24H27FN4O3. The summed E-state index contributed by atoms with van der Waals surface area (Å²) < 4.78 is 13.9. The Labute approximate surface area is 186 Å². The van der Waals surface area contributed by atoms with Crippen LogP contribution in [0.4, 0.5) is 10.1 Å². The Hall–Kier alpha value is -3.26. The SMILES string of the molecule is O=C(NCCN1CCN(C(=O)c2ccccc2F)CC1)C1CC(=O)N(c2ccccc2)C1. The van der Waals surface area contributed by atoms with Gasteiger partial charge in [0.05, 0.1) is 11.5 Å². The molecule has 1 N–H and O–H groups in total. The van der Waals surface area contributed by atoms with E-state index in [2.05, 4.69) is 10.2 Å². The molecule has 2 heterocycles. The molecule has 0 spiro atoms. The molecule has 2 fully saturated rings. The van der Waals surface area contributed by atoms with Crippen LogP contribution in [0.3, 0.4) is 0 Å². The van der Waals surface area contributed by atoms with E-state index < -0.39 is 5.82 Å². The number of nitrogens with zero attached hydrogens (tertiary/aromatic N) is 3. The molecule has 0 saturated carbocycles. The summed E-state index contributed by atoms with van der Waals surface area (Å²) in [5, 5.41) is 2.94. The minimum Gasteiger partial charge on any atom is -0.355 e. The standard InChI is InChI=1S/C24H27FN4O3/c25-21-9-5-4-8-20(21)24(32)28-14-12-27(13-15-28)11-10-26-23(31)18-16-22(30)29(17-18)19-6-2-1-3-7-19/h1-9,18H,10-17H2,(H,26,31). The molecule has 0 bridgehead atoms. The number of amides is 3. The van der Waals surface area contributed by atoms with E-state index in [1.165, 1.54) is 12.1 Å². The van der Waals surface area contributed by atoms with Crippen LogP contribution in [0.5, 0.6) is 0 Å². The molecule has 1 atom stereocenters. The van der Waals surface area contributed by atoms with Gasteiger partial charge in [0.2, 0.25) is 11.8 Å². The van der Waals surface area contributed by atoms with Crippen LogP contribution >= 0.6 is 0 Å². The Morgan fingerprint density at radius 2 is 1.66 bits per heavy atom. The number of para-hydroxylation sites is 1. The summed E-state index contributed by atoms with van der Waals surface area (Å²) in [6.45, 7) is 3.91. The normalized spacial score (nSPS) is 19.3. The first-order chi connectivity index (χ1) is 15.5. The molecular weight excluding hydrogens is 411 g/mol. The van der Waals surface area contributed by atoms with Gasteiger partial charge in [0.1, 0.15) is 5.82 Å². The lowest BCUT2D eigenvalue weighted by atomic mass is 10.1. The van der Waals surface area contributed by atoms with Gasteiger partial charge in [-0.25, -0.2) is 4.39 Å². The van der Waals surface area contributed by atoms with Crippen molar-refractivity contribution in [2.45, 2.75) is 6.42 Å². The summed E-state index contributed by atoms with van der Waals surface area (Å²) in [7, 11) is 0. The number of piperazine rings is 1. The Kier molecular flexibility index (Phi) is 6.80. The Morgan fingerprint density at radius 1 is 0.969 bits per heavy atom. The predicted molar refractivity (Wildman–Crippen MR) is 119 cm³/mol. The average Bonchev–Trinajstić information content (AvgIpc) is 3.22. The molecule has 2 aromatic carbocycles. The first-order valence-corrected chi connectivity index (χ1v) is 10.9. The summed E-state index contributed by atoms with van der Waals surface area (Å²) in [5.41, 5.74) is 0.916. The zero-order valence-corrected chi connectivity index (χ0v) is 17.9. The highest BCUT2D eigenvalue weighted by Gasteiger charge is 2.35. The third-order valence-electron chi connectivity index (χ3n) is 6.05. The van der Waals surface area contributed by atoms with Gasteiger partial charge in [-0.15, -0.1) is 0 Å². The van der Waals surface area contributed by atoms with Crippen LogP contribution in [0.15, 0.2) is 54.6 Å². The van der Waals surface area contributed by atoms with Gasteiger partial charge >= 0.3 is 0 Å². The lowest BCUT2D eigenvalue weighted by Crippen LogP contribution is -2.50. The van der Waals surface area contributed by atoms with Crippen LogP contribution in [0, 0.1) is 11.7 Å². The molecule has 168 valence electrons. The molecule has 4 rings (SSSR count). The highest BCUT2D eigenvalue weighted by atomic mass is 19.1. The van der Waals surface area contributed by atoms with Crippen molar-refractivity contribution in [2.75, 3.05) is 50.7 Å². The molecule has 8 heteroatoms. The second-order valence-electron chi connectivity index (χ2n) is 8.15. The van der Waals surface area contributed by atoms with E-state index in [1.54, 1.807) is 21.9 Å². The van der Waals surface area contributed by atoms with Crippen LogP contribution in [0.25, 0.3) is 0 Å². The number of halogens is 1. The Bertz CT molecular complexity index is 976. The summed E-state index contributed by atoms with van der Waals surface area (Å²) in [4.78, 5) is 42.9. The van der Waals surface area contributed by atoms with Crippen LogP contribution in [-0.4, -0.2) is 73.3 Å². The molecule has 32 heavy (non-hydrogen) atoms. The zero-order chi connectivity index (χ0) is 22.5. The molecule has 2 aromatic rings. The maximum Gasteiger partial charge on any atom is 0.256 e. The summed E-state index contributed by atoms with van der Waals surface area (Å²) in [6.07, 6.45) is 0.220. The zero-order valence-electron chi connectivity index (χ0n) is 17.9. The van der Waals surface area contributed by atoms with Gasteiger partial charge in [-0.1, -0.05) is 30.3 Å². The molecule has 0 aromatic heterocycles. The molecule has 0 radical (unpaired) electrons. The van der Waals surface area contributed by atoms with E-state index in [1.807, 2.05) is 30.3 Å². The minimum atomic E-state index is -0.501. The number of rotatable bonds is 6. The van der Waals surface area contributed by atoms with Crippen molar-refractivity contribution < 1.29 is 18.8 Å². The quantitative estimate of drug-likeness (QED) is 0.746. The van der Waals surface area contributed by atoms with Gasteiger partial charge in [-0.2, -0.15) is 0 Å². The fourth-order valence-electron chi connectivity index (χ4n) is 4.20. The van der Waals surface area contributed by atoms with Gasteiger partial charge in [0.25, 0.3) is 5.91 Å². The summed E-state index contributed by atoms with van der Waals surface area (Å²) in [5.74, 6) is -1.28. The van der Waals surface area contributed by atoms with E-state index in [0.717, 1.165) is 5.69 Å². The maximum absolute atomic E-state index is 13.9. The molecule has 3 amide bonds. The van der Waals surface area contributed by atoms with Crippen molar-refractivity contribution >= 4 is 23.4 Å². The average molecular weight is 439 g/mol. The molecule has 1 unspecified atom stereocenters. The van der Waals surface area contributed by atoms with E-state index in [4.69, 9.17) is 0 Å². The van der Waals surface area contributed by atoms with Crippen molar-refractivity contribution in [1.29, 1.82) is 0 Å². The highest BCUT2D eigenvalue weighted by molar-refractivity contribution is 6.00. The third kappa shape index (κ3) is 4.96. The Balaban J connectivity index is 1.19. The van der Waals surface area contributed by atoms with Gasteiger partial charge in [0.15, 0.2) is 0 Å². The molecule has 2 saturated heterocycles. The van der Waals surface area contributed by atoms with E-state index in [-0.39, 0.29) is 35.6 Å². The van der Waals surface area contributed by atoms with E-state index in [9.17, 15) is 18.8 Å².